The molecule has 2 nitrogen and oxygen atoms in total. The molecule has 0 aliphatic carbocycles. The van der Waals surface area contributed by atoms with Crippen molar-refractivity contribution in [3.8, 4) is 0 Å². The second kappa shape index (κ2) is 3.67. The number of alkyl halides is 3. The van der Waals surface area contributed by atoms with Crippen LogP contribution in [0.4, 0.5) is 13.2 Å². The van der Waals surface area contributed by atoms with E-state index in [-0.39, 0.29) is 32.7 Å². The fraction of sp³-hybridized carbons (Fsp3) is 0.400. The van der Waals surface area contributed by atoms with Gasteiger partial charge in [0.2, 0.25) is 0 Å². The quantitative estimate of drug-likeness (QED) is 0.621. The standard InChI is InChI=1S/C5H4F3N2.Y/c1-10-3-2-4(9-10)5(6,7)8;/h3H,1H3;/q-1;. The van der Waals surface area contributed by atoms with Gasteiger partial charge in [-0.05, 0) is 5.69 Å². The molecule has 1 radical (unpaired) electrons. The van der Waals surface area contributed by atoms with Crippen molar-refractivity contribution in [2.24, 2.45) is 7.05 Å². The van der Waals surface area contributed by atoms with Gasteiger partial charge in [-0.3, -0.25) is 0 Å². The van der Waals surface area contributed by atoms with Gasteiger partial charge < -0.3 is 10.7 Å². The Kier molecular flexibility index (Phi) is 3.71. The molecule has 1 heterocycles. The van der Waals surface area contributed by atoms with Crippen LogP contribution in [0.25, 0.3) is 0 Å². The van der Waals surface area contributed by atoms with Crippen LogP contribution < -0.4 is 0 Å². The molecule has 0 amide bonds. The number of aromatic nitrogens is 2. The van der Waals surface area contributed by atoms with E-state index in [0.717, 1.165) is 10.9 Å². The van der Waals surface area contributed by atoms with Gasteiger partial charge in [-0.2, -0.15) is 19.4 Å². The van der Waals surface area contributed by atoms with Gasteiger partial charge in [0, 0.05) is 39.8 Å². The maximum Gasteiger partial charge on any atom is 0.402 e. The van der Waals surface area contributed by atoms with Crippen molar-refractivity contribution in [2.45, 2.75) is 6.18 Å². The van der Waals surface area contributed by atoms with E-state index < -0.39 is 11.9 Å². The molecule has 0 aliphatic rings. The second-order valence-electron chi connectivity index (χ2n) is 1.79. The first-order chi connectivity index (χ1) is 4.50. The first kappa shape index (κ1) is 11.1. The average Bonchev–Trinajstić information content (AvgIpc) is 2.11. The molecule has 6 heteroatoms. The molecular weight excluding hydrogens is 234 g/mol. The fourth-order valence-electron chi connectivity index (χ4n) is 0.509. The second-order valence-corrected chi connectivity index (χ2v) is 1.79. The van der Waals surface area contributed by atoms with Gasteiger partial charge in [-0.25, -0.2) is 5.10 Å². The van der Waals surface area contributed by atoms with Crippen LogP contribution in [0.2, 0.25) is 0 Å². The number of hydrogen-bond acceptors (Lipinski definition) is 1. The molecule has 1 aromatic heterocycles. The van der Waals surface area contributed by atoms with Crippen molar-refractivity contribution >= 4 is 0 Å². The van der Waals surface area contributed by atoms with E-state index in [1.54, 1.807) is 0 Å². The van der Waals surface area contributed by atoms with Crippen LogP contribution >= 0.6 is 0 Å². The van der Waals surface area contributed by atoms with E-state index in [9.17, 15) is 13.2 Å². The zero-order chi connectivity index (χ0) is 7.78. The molecule has 0 atom stereocenters. The molecule has 1 aromatic rings. The molecule has 0 N–H and O–H groups in total. The molecule has 0 aromatic carbocycles. The number of rotatable bonds is 0. The first-order valence-corrected chi connectivity index (χ1v) is 2.48. The Bertz CT molecular complexity index is 230. The predicted molar refractivity (Wildman–Crippen MR) is 27.0 cm³/mol. The summed E-state index contributed by atoms with van der Waals surface area (Å²) < 4.78 is 36.1. The van der Waals surface area contributed by atoms with Crippen molar-refractivity contribution in [3.63, 3.8) is 0 Å². The van der Waals surface area contributed by atoms with Crippen molar-refractivity contribution in [3.05, 3.63) is 18.0 Å². The van der Waals surface area contributed by atoms with Crippen molar-refractivity contribution in [2.75, 3.05) is 0 Å². The molecule has 11 heavy (non-hydrogen) atoms. The summed E-state index contributed by atoms with van der Waals surface area (Å²) in [6.45, 7) is 0. The van der Waals surface area contributed by atoms with Crippen LogP contribution in [0.1, 0.15) is 5.69 Å². The summed E-state index contributed by atoms with van der Waals surface area (Å²) in [5, 5.41) is 3.12. The first-order valence-electron chi connectivity index (χ1n) is 2.48. The van der Waals surface area contributed by atoms with Crippen LogP contribution in [-0.2, 0) is 45.9 Å². The van der Waals surface area contributed by atoms with Gasteiger partial charge in [0.25, 0.3) is 0 Å². The number of hydrogen-bond donors (Lipinski definition) is 0. The smallest absolute Gasteiger partial charge is 0.402 e. The van der Waals surface area contributed by atoms with E-state index >= 15 is 0 Å². The normalized spacial score (nSPS) is 10.9. The summed E-state index contributed by atoms with van der Waals surface area (Å²) in [4.78, 5) is 0. The number of nitrogens with zero attached hydrogens (tertiary/aromatic N) is 2. The minimum absolute atomic E-state index is 0. The minimum atomic E-state index is -4.37. The maximum atomic E-state index is 11.7. The minimum Gasteiger partial charge on any atom is -0.420 e. The molecule has 0 fully saturated rings. The van der Waals surface area contributed by atoms with Gasteiger partial charge in [0.1, 0.15) is 0 Å². The van der Waals surface area contributed by atoms with Crippen molar-refractivity contribution in [1.82, 2.24) is 9.78 Å². The summed E-state index contributed by atoms with van der Waals surface area (Å²) in [5.74, 6) is 0. The van der Waals surface area contributed by atoms with E-state index in [1.165, 1.54) is 7.05 Å². The summed E-state index contributed by atoms with van der Waals surface area (Å²) in [6.07, 6.45) is -3.25. The Morgan fingerprint density at radius 2 is 2.09 bits per heavy atom. The SMILES string of the molecule is Cn1c[c-]c(C(F)(F)F)n1.[Y]. The third kappa shape index (κ3) is 2.91. The molecule has 0 saturated carbocycles. The summed E-state index contributed by atoms with van der Waals surface area (Å²) in [5.41, 5.74) is -0.977. The largest absolute Gasteiger partial charge is 0.420 e. The van der Waals surface area contributed by atoms with Crippen molar-refractivity contribution < 1.29 is 45.9 Å². The Balaban J connectivity index is 0.000001000. The molecular formula is C5H4F3N2Y-. The third-order valence-corrected chi connectivity index (χ3v) is 0.914. The third-order valence-electron chi connectivity index (χ3n) is 0.914. The van der Waals surface area contributed by atoms with Crippen LogP contribution in [-0.4, -0.2) is 9.78 Å². The van der Waals surface area contributed by atoms with Crippen LogP contribution in [0.15, 0.2) is 6.20 Å². The molecule has 0 saturated heterocycles. The average molecular weight is 238 g/mol. The van der Waals surface area contributed by atoms with Crippen molar-refractivity contribution in [1.29, 1.82) is 0 Å². The topological polar surface area (TPSA) is 17.8 Å². The Morgan fingerprint density at radius 1 is 1.55 bits per heavy atom. The van der Waals surface area contributed by atoms with Crippen LogP contribution in [0.3, 0.4) is 0 Å². The summed E-state index contributed by atoms with van der Waals surface area (Å²) in [7, 11) is 1.41. The van der Waals surface area contributed by atoms with Crippen LogP contribution in [0.5, 0.6) is 0 Å². The van der Waals surface area contributed by atoms with E-state index in [2.05, 4.69) is 5.10 Å². The van der Waals surface area contributed by atoms with Crippen LogP contribution in [0, 0.1) is 6.07 Å². The molecule has 1 rings (SSSR count). The monoisotopic (exact) mass is 238 g/mol. The van der Waals surface area contributed by atoms with E-state index in [0.29, 0.717) is 0 Å². The zero-order valence-corrected chi connectivity index (χ0v) is 8.52. The number of halogens is 3. The van der Waals surface area contributed by atoms with Gasteiger partial charge in [-0.1, -0.05) is 0 Å². The summed E-state index contributed by atoms with van der Waals surface area (Å²) in [6, 6.07) is 1.97. The summed E-state index contributed by atoms with van der Waals surface area (Å²) >= 11 is 0. The Hall–Kier alpha value is 0.104. The Morgan fingerprint density at radius 3 is 2.27 bits per heavy atom. The number of aryl methyl sites for hydroxylation is 1. The van der Waals surface area contributed by atoms with Gasteiger partial charge in [0.05, 0.1) is 0 Å². The fourth-order valence-corrected chi connectivity index (χ4v) is 0.509. The molecule has 0 unspecified atom stereocenters. The van der Waals surface area contributed by atoms with Gasteiger partial charge in [-0.15, -0.1) is 0 Å². The van der Waals surface area contributed by atoms with E-state index in [4.69, 9.17) is 0 Å². The maximum absolute atomic E-state index is 11.7. The molecule has 0 bridgehead atoms. The Labute approximate surface area is 86.6 Å². The molecule has 0 aliphatic heterocycles. The van der Waals surface area contributed by atoms with Gasteiger partial charge >= 0.3 is 6.18 Å². The zero-order valence-electron chi connectivity index (χ0n) is 5.68. The molecule has 0 spiro atoms. The molecule has 59 valence electrons. The predicted octanol–water partition coefficient (Wildman–Crippen LogP) is 1.24. The van der Waals surface area contributed by atoms with Gasteiger partial charge in [0.15, 0.2) is 0 Å². The van der Waals surface area contributed by atoms with E-state index in [1.807, 2.05) is 6.07 Å².